The SMILES string of the molecule is COc1cc(C#N)ccc1Oc1ccc(Cl)cc1CBr. The summed E-state index contributed by atoms with van der Waals surface area (Å²) in [7, 11) is 1.54. The largest absolute Gasteiger partial charge is 0.493 e. The number of nitrogens with zero attached hydrogens (tertiary/aromatic N) is 1. The molecule has 0 saturated carbocycles. The van der Waals surface area contributed by atoms with Gasteiger partial charge in [0.25, 0.3) is 0 Å². The van der Waals surface area contributed by atoms with Gasteiger partial charge in [-0.25, -0.2) is 0 Å². The Bertz CT molecular complexity index is 667. The number of hydrogen-bond acceptors (Lipinski definition) is 3. The Morgan fingerprint density at radius 2 is 1.90 bits per heavy atom. The second-order valence-electron chi connectivity index (χ2n) is 3.97. The first-order valence-corrected chi connectivity index (χ1v) is 7.28. The number of hydrogen-bond donors (Lipinski definition) is 0. The summed E-state index contributed by atoms with van der Waals surface area (Å²) in [5, 5.41) is 10.2. The van der Waals surface area contributed by atoms with Crippen molar-refractivity contribution >= 4 is 27.5 Å². The van der Waals surface area contributed by atoms with Crippen LogP contribution in [-0.4, -0.2) is 7.11 Å². The monoisotopic (exact) mass is 351 g/mol. The van der Waals surface area contributed by atoms with Crippen molar-refractivity contribution < 1.29 is 9.47 Å². The van der Waals surface area contributed by atoms with Crippen molar-refractivity contribution in [1.82, 2.24) is 0 Å². The van der Waals surface area contributed by atoms with Crippen molar-refractivity contribution in [3.8, 4) is 23.3 Å². The molecule has 0 aliphatic carbocycles. The van der Waals surface area contributed by atoms with E-state index in [4.69, 9.17) is 26.3 Å². The van der Waals surface area contributed by atoms with Crippen molar-refractivity contribution in [2.24, 2.45) is 0 Å². The minimum absolute atomic E-state index is 0.513. The number of alkyl halides is 1. The summed E-state index contributed by atoms with van der Waals surface area (Å²) >= 11 is 9.36. The highest BCUT2D eigenvalue weighted by molar-refractivity contribution is 9.08. The molecule has 102 valence electrons. The van der Waals surface area contributed by atoms with E-state index < -0.39 is 0 Å². The van der Waals surface area contributed by atoms with Gasteiger partial charge in [0.1, 0.15) is 5.75 Å². The molecule has 2 aromatic carbocycles. The van der Waals surface area contributed by atoms with Gasteiger partial charge in [-0.05, 0) is 30.3 Å². The number of methoxy groups -OCH3 is 1. The van der Waals surface area contributed by atoms with Gasteiger partial charge in [0.05, 0.1) is 18.7 Å². The molecule has 0 radical (unpaired) electrons. The summed E-state index contributed by atoms with van der Waals surface area (Å²) in [4.78, 5) is 0. The van der Waals surface area contributed by atoms with Gasteiger partial charge in [-0.2, -0.15) is 5.26 Å². The highest BCUT2D eigenvalue weighted by Gasteiger charge is 2.10. The van der Waals surface area contributed by atoms with Gasteiger partial charge in [-0.15, -0.1) is 0 Å². The molecule has 0 spiro atoms. The molecule has 5 heteroatoms. The van der Waals surface area contributed by atoms with E-state index in [1.807, 2.05) is 6.07 Å². The lowest BCUT2D eigenvalue weighted by atomic mass is 10.2. The van der Waals surface area contributed by atoms with Crippen LogP contribution in [0.1, 0.15) is 11.1 Å². The standard InChI is InChI=1S/C15H11BrClNO2/c1-19-15-6-10(9-18)2-4-14(15)20-13-5-3-12(17)7-11(13)8-16/h2-7H,8H2,1H3. The van der Waals surface area contributed by atoms with Crippen LogP contribution in [0.25, 0.3) is 0 Å². The van der Waals surface area contributed by atoms with E-state index in [0.717, 1.165) is 5.56 Å². The van der Waals surface area contributed by atoms with E-state index in [1.54, 1.807) is 30.3 Å². The van der Waals surface area contributed by atoms with Gasteiger partial charge < -0.3 is 9.47 Å². The highest BCUT2D eigenvalue weighted by atomic mass is 79.9. The molecule has 20 heavy (non-hydrogen) atoms. The van der Waals surface area contributed by atoms with Crippen LogP contribution < -0.4 is 9.47 Å². The molecule has 0 fully saturated rings. The summed E-state index contributed by atoms with van der Waals surface area (Å²) in [5.41, 5.74) is 1.45. The Morgan fingerprint density at radius 1 is 1.15 bits per heavy atom. The van der Waals surface area contributed by atoms with E-state index >= 15 is 0 Å². The first-order valence-electron chi connectivity index (χ1n) is 5.78. The van der Waals surface area contributed by atoms with Crippen LogP contribution in [0.5, 0.6) is 17.2 Å². The Morgan fingerprint density at radius 3 is 2.55 bits per heavy atom. The number of benzene rings is 2. The maximum Gasteiger partial charge on any atom is 0.169 e. The quantitative estimate of drug-likeness (QED) is 0.734. The van der Waals surface area contributed by atoms with Gasteiger partial charge in [0.15, 0.2) is 11.5 Å². The van der Waals surface area contributed by atoms with Crippen LogP contribution in [0.2, 0.25) is 5.02 Å². The van der Waals surface area contributed by atoms with Gasteiger partial charge in [-0.3, -0.25) is 0 Å². The molecule has 0 heterocycles. The number of halogens is 2. The average Bonchev–Trinajstić information content (AvgIpc) is 2.49. The third kappa shape index (κ3) is 3.24. The van der Waals surface area contributed by atoms with E-state index in [0.29, 0.717) is 33.2 Å². The molecule has 0 amide bonds. The summed E-state index contributed by atoms with van der Waals surface area (Å²) < 4.78 is 11.1. The fourth-order valence-corrected chi connectivity index (χ4v) is 2.32. The topological polar surface area (TPSA) is 42.2 Å². The second kappa shape index (κ2) is 6.65. The summed E-state index contributed by atoms with van der Waals surface area (Å²) in [6.45, 7) is 0. The molecule has 0 aliphatic rings. The lowest BCUT2D eigenvalue weighted by molar-refractivity contribution is 0.378. The van der Waals surface area contributed by atoms with E-state index in [1.165, 1.54) is 7.11 Å². The lowest BCUT2D eigenvalue weighted by Crippen LogP contribution is -1.93. The minimum atomic E-state index is 0.513. The third-order valence-corrected chi connectivity index (χ3v) is 3.52. The van der Waals surface area contributed by atoms with Crippen LogP contribution in [0.4, 0.5) is 0 Å². The number of nitriles is 1. The molecule has 0 bridgehead atoms. The van der Waals surface area contributed by atoms with Gasteiger partial charge in [0, 0.05) is 22.0 Å². The summed E-state index contributed by atoms with van der Waals surface area (Å²) in [6.07, 6.45) is 0. The van der Waals surface area contributed by atoms with Crippen LogP contribution in [0.3, 0.4) is 0 Å². The fraction of sp³-hybridized carbons (Fsp3) is 0.133. The Hall–Kier alpha value is -1.70. The van der Waals surface area contributed by atoms with Gasteiger partial charge in [-0.1, -0.05) is 27.5 Å². The molecule has 0 saturated heterocycles. The molecule has 0 aliphatic heterocycles. The predicted octanol–water partition coefficient (Wildman–Crippen LogP) is 4.91. The second-order valence-corrected chi connectivity index (χ2v) is 4.96. The Balaban J connectivity index is 2.37. The van der Waals surface area contributed by atoms with Crippen molar-refractivity contribution in [3.05, 3.63) is 52.5 Å². The minimum Gasteiger partial charge on any atom is -0.493 e. The molecule has 0 N–H and O–H groups in total. The molecule has 3 nitrogen and oxygen atoms in total. The first-order chi connectivity index (χ1) is 9.67. The summed E-state index contributed by atoms with van der Waals surface area (Å²) in [5.74, 6) is 1.75. The zero-order valence-electron chi connectivity index (χ0n) is 10.7. The number of ether oxygens (including phenoxy) is 2. The lowest BCUT2D eigenvalue weighted by Gasteiger charge is -2.13. The molecule has 0 unspecified atom stereocenters. The van der Waals surface area contributed by atoms with Crippen LogP contribution in [0, 0.1) is 11.3 Å². The maximum absolute atomic E-state index is 8.88. The maximum atomic E-state index is 8.88. The molecular weight excluding hydrogens is 342 g/mol. The molecule has 0 atom stereocenters. The van der Waals surface area contributed by atoms with Crippen molar-refractivity contribution in [2.75, 3.05) is 7.11 Å². The zero-order chi connectivity index (χ0) is 14.5. The predicted molar refractivity (Wildman–Crippen MR) is 81.9 cm³/mol. The Labute approximate surface area is 130 Å². The average molecular weight is 353 g/mol. The molecule has 2 aromatic rings. The van der Waals surface area contributed by atoms with Crippen molar-refractivity contribution in [3.63, 3.8) is 0 Å². The van der Waals surface area contributed by atoms with Crippen molar-refractivity contribution in [2.45, 2.75) is 5.33 Å². The third-order valence-electron chi connectivity index (χ3n) is 2.68. The normalized spacial score (nSPS) is 9.90. The van der Waals surface area contributed by atoms with Crippen LogP contribution in [-0.2, 0) is 5.33 Å². The van der Waals surface area contributed by atoms with Crippen LogP contribution >= 0.6 is 27.5 Å². The van der Waals surface area contributed by atoms with Crippen molar-refractivity contribution in [1.29, 1.82) is 5.26 Å². The van der Waals surface area contributed by atoms with Crippen LogP contribution in [0.15, 0.2) is 36.4 Å². The molecule has 0 aromatic heterocycles. The van der Waals surface area contributed by atoms with E-state index in [2.05, 4.69) is 22.0 Å². The smallest absolute Gasteiger partial charge is 0.169 e. The van der Waals surface area contributed by atoms with E-state index in [-0.39, 0.29) is 0 Å². The number of rotatable bonds is 4. The molecule has 2 rings (SSSR count). The van der Waals surface area contributed by atoms with Gasteiger partial charge in [0.2, 0.25) is 0 Å². The zero-order valence-corrected chi connectivity index (χ0v) is 13.0. The summed E-state index contributed by atoms with van der Waals surface area (Å²) in [6, 6.07) is 12.5. The molecular formula is C15H11BrClNO2. The Kier molecular flexibility index (Phi) is 4.89. The van der Waals surface area contributed by atoms with Gasteiger partial charge >= 0.3 is 0 Å². The fourth-order valence-electron chi connectivity index (χ4n) is 1.69. The van der Waals surface area contributed by atoms with E-state index in [9.17, 15) is 0 Å². The highest BCUT2D eigenvalue weighted by Crippen LogP contribution is 2.35. The first kappa shape index (κ1) is 14.7.